The molecule has 0 bridgehead atoms. The number of rotatable bonds is 6. The topological polar surface area (TPSA) is 60.9 Å². The minimum atomic E-state index is -0.800. The predicted molar refractivity (Wildman–Crippen MR) is 150 cm³/mol. The van der Waals surface area contributed by atoms with Crippen molar-refractivity contribution in [3.8, 4) is 0 Å². The van der Waals surface area contributed by atoms with Crippen LogP contribution in [0.1, 0.15) is 31.0 Å². The second-order valence-electron chi connectivity index (χ2n) is 8.94. The molecule has 37 heavy (non-hydrogen) atoms. The molecule has 0 radical (unpaired) electrons. The first-order chi connectivity index (χ1) is 17.9. The zero-order valence-electron chi connectivity index (χ0n) is 20.7. The Labute approximate surface area is 221 Å². The van der Waals surface area contributed by atoms with Crippen molar-refractivity contribution >= 4 is 51.2 Å². The molecule has 0 aliphatic carbocycles. The molecule has 4 aromatic rings. The lowest BCUT2D eigenvalue weighted by Crippen LogP contribution is -2.29. The minimum absolute atomic E-state index is 0.0619. The molecule has 186 valence electrons. The number of carbonyl (C=O) groups is 2. The lowest BCUT2D eigenvalue weighted by Gasteiger charge is -2.27. The summed E-state index contributed by atoms with van der Waals surface area (Å²) in [6.07, 6.45) is 0. The van der Waals surface area contributed by atoms with Crippen LogP contribution >= 0.6 is 11.6 Å². The van der Waals surface area contributed by atoms with Crippen LogP contribution in [0.5, 0.6) is 0 Å². The average Bonchev–Trinajstić information content (AvgIpc) is 3.19. The summed E-state index contributed by atoms with van der Waals surface area (Å²) in [5.41, 5.74) is 2.88. The van der Waals surface area contributed by atoms with E-state index in [0.717, 1.165) is 35.1 Å². The number of hydrogen-bond donors (Lipinski definition) is 1. The molecule has 1 fully saturated rings. The Hall–Kier alpha value is -4.09. The number of amides is 1. The Bertz CT molecular complexity index is 1500. The van der Waals surface area contributed by atoms with Crippen molar-refractivity contribution in [1.29, 1.82) is 0 Å². The van der Waals surface area contributed by atoms with Gasteiger partial charge in [-0.05, 0) is 66.6 Å². The van der Waals surface area contributed by atoms with Crippen molar-refractivity contribution in [3.05, 3.63) is 113 Å². The summed E-state index contributed by atoms with van der Waals surface area (Å²) in [6, 6.07) is 27.0. The Morgan fingerprint density at radius 1 is 0.865 bits per heavy atom. The molecule has 1 N–H and O–H groups in total. The molecule has 1 unspecified atom stereocenters. The first-order valence-corrected chi connectivity index (χ1v) is 12.7. The van der Waals surface area contributed by atoms with E-state index in [2.05, 4.69) is 18.7 Å². The van der Waals surface area contributed by atoms with Gasteiger partial charge >= 0.3 is 0 Å². The van der Waals surface area contributed by atoms with E-state index in [0.29, 0.717) is 16.3 Å². The Morgan fingerprint density at radius 2 is 1.51 bits per heavy atom. The van der Waals surface area contributed by atoms with Gasteiger partial charge < -0.3 is 10.0 Å². The van der Waals surface area contributed by atoms with E-state index < -0.39 is 17.7 Å². The van der Waals surface area contributed by atoms with Crippen molar-refractivity contribution in [3.63, 3.8) is 0 Å². The summed E-state index contributed by atoms with van der Waals surface area (Å²) < 4.78 is 0. The molecule has 0 spiro atoms. The number of fused-ring (bicyclic) bond motifs is 1. The summed E-state index contributed by atoms with van der Waals surface area (Å²) >= 11 is 6.10. The summed E-state index contributed by atoms with van der Waals surface area (Å²) in [5, 5.41) is 13.9. The zero-order chi connectivity index (χ0) is 26.1. The van der Waals surface area contributed by atoms with Crippen LogP contribution in [-0.2, 0) is 9.59 Å². The summed E-state index contributed by atoms with van der Waals surface area (Å²) in [4.78, 5) is 30.6. The van der Waals surface area contributed by atoms with Gasteiger partial charge in [0.05, 0.1) is 11.6 Å². The predicted octanol–water partition coefficient (Wildman–Crippen LogP) is 6.97. The number of Topliss-reactive ketones (excluding diaryl/α,β-unsaturated/α-hetero) is 1. The van der Waals surface area contributed by atoms with E-state index in [1.54, 1.807) is 30.3 Å². The van der Waals surface area contributed by atoms with E-state index in [9.17, 15) is 14.7 Å². The van der Waals surface area contributed by atoms with Crippen LogP contribution in [0.4, 0.5) is 11.4 Å². The molecule has 1 saturated heterocycles. The normalized spacial score (nSPS) is 16.9. The lowest BCUT2D eigenvalue weighted by molar-refractivity contribution is -0.132. The maximum Gasteiger partial charge on any atom is 0.300 e. The maximum absolute atomic E-state index is 13.5. The summed E-state index contributed by atoms with van der Waals surface area (Å²) in [5.74, 6) is -1.61. The van der Waals surface area contributed by atoms with Crippen LogP contribution in [0, 0.1) is 0 Å². The van der Waals surface area contributed by atoms with Crippen LogP contribution in [0.15, 0.2) is 96.6 Å². The minimum Gasteiger partial charge on any atom is -0.507 e. The summed E-state index contributed by atoms with van der Waals surface area (Å²) in [6.45, 7) is 5.91. The highest BCUT2D eigenvalue weighted by Gasteiger charge is 2.47. The van der Waals surface area contributed by atoms with Gasteiger partial charge in [-0.2, -0.15) is 0 Å². The first kappa shape index (κ1) is 24.6. The number of ketones is 1. The van der Waals surface area contributed by atoms with Gasteiger partial charge in [0.1, 0.15) is 5.76 Å². The highest BCUT2D eigenvalue weighted by atomic mass is 35.5. The molecule has 4 aromatic carbocycles. The Morgan fingerprint density at radius 3 is 2.19 bits per heavy atom. The SMILES string of the molecule is CCN(CC)c1ccc(C2/C(=C(/O)c3cccc4ccccc34)C(=O)C(=O)N2c2ccc(Cl)cc2)cc1. The van der Waals surface area contributed by atoms with E-state index in [4.69, 9.17) is 11.6 Å². The number of anilines is 2. The standard InChI is InChI=1S/C31H27ClN2O3/c1-3-33(4-2)23-16-12-21(13-17-23)28-27(29(35)26-11-7-9-20-8-5-6-10-25(20)26)30(36)31(37)34(28)24-18-14-22(32)15-19-24/h5-19,28,35H,3-4H2,1-2H3/b29-27-. The van der Waals surface area contributed by atoms with Crippen molar-refractivity contribution < 1.29 is 14.7 Å². The van der Waals surface area contributed by atoms with Crippen molar-refractivity contribution in [2.24, 2.45) is 0 Å². The molecule has 5 nitrogen and oxygen atoms in total. The lowest BCUT2D eigenvalue weighted by atomic mass is 9.93. The highest BCUT2D eigenvalue weighted by Crippen LogP contribution is 2.43. The number of aliphatic hydroxyl groups excluding tert-OH is 1. The van der Waals surface area contributed by atoms with E-state index >= 15 is 0 Å². The van der Waals surface area contributed by atoms with Crippen LogP contribution in [0.3, 0.4) is 0 Å². The highest BCUT2D eigenvalue weighted by molar-refractivity contribution is 6.52. The molecule has 1 aliphatic heterocycles. The van der Waals surface area contributed by atoms with Gasteiger partial charge in [0.25, 0.3) is 11.7 Å². The number of hydrogen-bond acceptors (Lipinski definition) is 4. The number of nitrogens with zero attached hydrogens (tertiary/aromatic N) is 2. The van der Waals surface area contributed by atoms with Crippen molar-refractivity contribution in [2.45, 2.75) is 19.9 Å². The molecule has 0 saturated carbocycles. The molecule has 5 rings (SSSR count). The third-order valence-electron chi connectivity index (χ3n) is 6.93. The van der Waals surface area contributed by atoms with Crippen LogP contribution in [0.25, 0.3) is 16.5 Å². The second-order valence-corrected chi connectivity index (χ2v) is 9.37. The average molecular weight is 511 g/mol. The molecule has 1 heterocycles. The van der Waals surface area contributed by atoms with Gasteiger partial charge in [0.2, 0.25) is 0 Å². The first-order valence-electron chi connectivity index (χ1n) is 12.3. The summed E-state index contributed by atoms with van der Waals surface area (Å²) in [7, 11) is 0. The van der Waals surface area contributed by atoms with Gasteiger partial charge in [0.15, 0.2) is 0 Å². The Kier molecular flexibility index (Phi) is 6.72. The van der Waals surface area contributed by atoms with E-state index in [1.165, 1.54) is 4.90 Å². The second kappa shape index (κ2) is 10.1. The fourth-order valence-electron chi connectivity index (χ4n) is 5.05. The smallest absolute Gasteiger partial charge is 0.300 e. The van der Waals surface area contributed by atoms with Gasteiger partial charge in [0, 0.05) is 35.1 Å². The zero-order valence-corrected chi connectivity index (χ0v) is 21.4. The Balaban J connectivity index is 1.72. The van der Waals surface area contributed by atoms with Crippen LogP contribution in [0.2, 0.25) is 5.02 Å². The number of halogens is 1. The van der Waals surface area contributed by atoms with E-state index in [1.807, 2.05) is 60.7 Å². The third kappa shape index (κ3) is 4.36. The molecule has 0 aromatic heterocycles. The number of carbonyl (C=O) groups excluding carboxylic acids is 2. The van der Waals surface area contributed by atoms with Gasteiger partial charge in [-0.25, -0.2) is 0 Å². The molecule has 1 atom stereocenters. The largest absolute Gasteiger partial charge is 0.507 e. The van der Waals surface area contributed by atoms with Crippen molar-refractivity contribution in [2.75, 3.05) is 22.9 Å². The maximum atomic E-state index is 13.5. The fourth-order valence-corrected chi connectivity index (χ4v) is 5.18. The van der Waals surface area contributed by atoms with E-state index in [-0.39, 0.29) is 11.3 Å². The monoisotopic (exact) mass is 510 g/mol. The fraction of sp³-hybridized carbons (Fsp3) is 0.161. The molecule has 1 amide bonds. The quantitative estimate of drug-likeness (QED) is 0.173. The number of aliphatic hydroxyl groups is 1. The third-order valence-corrected chi connectivity index (χ3v) is 7.18. The van der Waals surface area contributed by atoms with Crippen molar-refractivity contribution in [1.82, 2.24) is 0 Å². The molecule has 1 aliphatic rings. The molecule has 6 heteroatoms. The molecular formula is C31H27ClN2O3. The van der Waals surface area contributed by atoms with Crippen LogP contribution in [-0.4, -0.2) is 29.9 Å². The number of benzene rings is 4. The van der Waals surface area contributed by atoms with Gasteiger partial charge in [-0.3, -0.25) is 14.5 Å². The van der Waals surface area contributed by atoms with Crippen LogP contribution < -0.4 is 9.80 Å². The molecular weight excluding hydrogens is 484 g/mol. The van der Waals surface area contributed by atoms with Gasteiger partial charge in [-0.15, -0.1) is 0 Å². The van der Waals surface area contributed by atoms with Gasteiger partial charge in [-0.1, -0.05) is 66.2 Å².